The van der Waals surface area contributed by atoms with Gasteiger partial charge in [-0.25, -0.2) is 0 Å². The Kier molecular flexibility index (Phi) is 12.7. The van der Waals surface area contributed by atoms with Gasteiger partial charge < -0.3 is 29.7 Å². The molecule has 1 aliphatic heterocycles. The number of nitrogens with zero attached hydrogens (tertiary/aromatic N) is 2. The molecule has 254 valence electrons. The Balaban J connectivity index is 0.000000385. The van der Waals surface area contributed by atoms with Crippen LogP contribution in [0, 0.1) is 5.92 Å². The summed E-state index contributed by atoms with van der Waals surface area (Å²) in [7, 11) is 5.65. The van der Waals surface area contributed by atoms with Gasteiger partial charge in [0.1, 0.15) is 0 Å². The standard InChI is InChI=1S/C30H35ClN2O3.C8H15NO2/c1-6-19(3)36-28-18-26-23(16-27(28)35-5)17-29(34)33(30(26)22-8-12-24(31)13-9-22)25-14-10-21(11-15-25)20(4)32-7-2;1-9(2)7-4-3-6(5-7)8(10)11/h8-16,18-20,30,32H,6-7,17H2,1-5H3;6-7H,3-5H2,1-2H3,(H,10,11)/t19-,20?,30?;6-,7-/m11/s1. The molecule has 2 N–H and O–H groups in total. The highest BCUT2D eigenvalue weighted by atomic mass is 35.5. The van der Waals surface area contributed by atoms with Crippen molar-refractivity contribution in [2.75, 3.05) is 32.6 Å². The van der Waals surface area contributed by atoms with E-state index in [1.807, 2.05) is 74.4 Å². The molecule has 5 atom stereocenters. The second kappa shape index (κ2) is 16.5. The molecule has 5 rings (SSSR count). The van der Waals surface area contributed by atoms with E-state index in [4.69, 9.17) is 26.2 Å². The summed E-state index contributed by atoms with van der Waals surface area (Å²) in [6.45, 7) is 9.27. The van der Waals surface area contributed by atoms with E-state index in [-0.39, 0.29) is 36.4 Å². The topological polar surface area (TPSA) is 91.3 Å². The third kappa shape index (κ3) is 8.86. The van der Waals surface area contributed by atoms with E-state index in [0.29, 0.717) is 22.6 Å². The minimum atomic E-state index is -0.630. The number of benzene rings is 3. The fraction of sp³-hybridized carbons (Fsp3) is 0.474. The number of aliphatic carboxylic acids is 1. The van der Waals surface area contributed by atoms with Gasteiger partial charge in [0.2, 0.25) is 5.91 Å². The largest absolute Gasteiger partial charge is 0.493 e. The SMILES string of the molecule is CCNC(C)c1ccc(N2C(=O)Cc3cc(OC)c(O[C@H](C)CC)cc3C2c2ccc(Cl)cc2)cc1.CN(C)[C@@H]1CC[C@@H](C(=O)O)C1. The number of amides is 1. The first-order valence-corrected chi connectivity index (χ1v) is 17.0. The number of anilines is 1. The number of rotatable bonds is 11. The van der Waals surface area contributed by atoms with E-state index in [0.717, 1.165) is 54.6 Å². The summed E-state index contributed by atoms with van der Waals surface area (Å²) in [6, 6.07) is 20.4. The molecule has 47 heavy (non-hydrogen) atoms. The first kappa shape index (κ1) is 36.2. The Morgan fingerprint density at radius 3 is 2.26 bits per heavy atom. The molecular formula is C38H50ClN3O5. The van der Waals surface area contributed by atoms with Gasteiger partial charge >= 0.3 is 5.97 Å². The molecule has 0 saturated heterocycles. The van der Waals surface area contributed by atoms with Crippen molar-refractivity contribution in [2.24, 2.45) is 5.92 Å². The first-order chi connectivity index (χ1) is 22.5. The number of carboxylic acid groups (broad SMARTS) is 1. The number of hydrogen-bond donors (Lipinski definition) is 2. The van der Waals surface area contributed by atoms with Crippen LogP contribution >= 0.6 is 11.6 Å². The van der Waals surface area contributed by atoms with Crippen molar-refractivity contribution >= 4 is 29.2 Å². The van der Waals surface area contributed by atoms with E-state index in [1.54, 1.807) is 7.11 Å². The van der Waals surface area contributed by atoms with Crippen molar-refractivity contribution in [3.05, 3.63) is 87.9 Å². The molecule has 2 unspecified atom stereocenters. The lowest BCUT2D eigenvalue weighted by Gasteiger charge is -2.38. The molecule has 1 aliphatic carbocycles. The quantitative estimate of drug-likeness (QED) is 0.217. The van der Waals surface area contributed by atoms with Gasteiger partial charge in [0.05, 0.1) is 31.6 Å². The van der Waals surface area contributed by atoms with Gasteiger partial charge in [0.15, 0.2) is 11.5 Å². The zero-order chi connectivity index (χ0) is 34.2. The Labute approximate surface area is 285 Å². The summed E-state index contributed by atoms with van der Waals surface area (Å²) in [5.74, 6) is 0.643. The van der Waals surface area contributed by atoms with E-state index in [1.165, 1.54) is 5.56 Å². The van der Waals surface area contributed by atoms with Crippen molar-refractivity contribution in [1.29, 1.82) is 0 Å². The van der Waals surface area contributed by atoms with Crippen LogP contribution in [0.4, 0.5) is 5.69 Å². The molecule has 1 fully saturated rings. The summed E-state index contributed by atoms with van der Waals surface area (Å²) < 4.78 is 11.9. The maximum absolute atomic E-state index is 13.7. The minimum absolute atomic E-state index is 0.0348. The summed E-state index contributed by atoms with van der Waals surface area (Å²) >= 11 is 6.22. The van der Waals surface area contributed by atoms with E-state index in [2.05, 4.69) is 43.1 Å². The highest BCUT2D eigenvalue weighted by Gasteiger charge is 2.36. The van der Waals surface area contributed by atoms with Crippen LogP contribution in [0.15, 0.2) is 60.7 Å². The van der Waals surface area contributed by atoms with Crippen LogP contribution in [0.25, 0.3) is 0 Å². The summed E-state index contributed by atoms with van der Waals surface area (Å²) in [5, 5.41) is 12.8. The fourth-order valence-electron chi connectivity index (χ4n) is 6.37. The predicted octanol–water partition coefficient (Wildman–Crippen LogP) is 7.68. The van der Waals surface area contributed by atoms with Gasteiger partial charge in [-0.3, -0.25) is 9.59 Å². The normalized spacial score (nSPS) is 20.2. The average molecular weight is 664 g/mol. The molecule has 1 heterocycles. The van der Waals surface area contributed by atoms with Crippen molar-refractivity contribution in [3.8, 4) is 11.5 Å². The van der Waals surface area contributed by atoms with E-state index < -0.39 is 5.97 Å². The first-order valence-electron chi connectivity index (χ1n) is 16.6. The number of halogens is 1. The van der Waals surface area contributed by atoms with Crippen molar-refractivity contribution in [2.45, 2.75) is 84.0 Å². The Hall–Kier alpha value is -3.59. The van der Waals surface area contributed by atoms with Crippen LogP contribution in [-0.2, 0) is 16.0 Å². The van der Waals surface area contributed by atoms with Crippen LogP contribution in [-0.4, -0.2) is 61.8 Å². The highest BCUT2D eigenvalue weighted by molar-refractivity contribution is 6.30. The number of carbonyl (C=O) groups excluding carboxylic acids is 1. The monoisotopic (exact) mass is 663 g/mol. The number of nitrogens with one attached hydrogen (secondary N) is 1. The Bertz CT molecular complexity index is 1490. The third-order valence-electron chi connectivity index (χ3n) is 9.34. The zero-order valence-corrected chi connectivity index (χ0v) is 29.5. The number of hydrogen-bond acceptors (Lipinski definition) is 6. The number of fused-ring (bicyclic) bond motifs is 1. The van der Waals surface area contributed by atoms with Crippen LogP contribution in [0.3, 0.4) is 0 Å². The summed E-state index contributed by atoms with van der Waals surface area (Å²) in [5.41, 5.74) is 5.00. The van der Waals surface area contributed by atoms with E-state index in [9.17, 15) is 9.59 Å². The van der Waals surface area contributed by atoms with Crippen LogP contribution < -0.4 is 19.7 Å². The molecule has 0 aromatic heterocycles. The molecule has 8 nitrogen and oxygen atoms in total. The van der Waals surface area contributed by atoms with Crippen molar-refractivity contribution < 1.29 is 24.2 Å². The molecule has 0 bridgehead atoms. The zero-order valence-electron chi connectivity index (χ0n) is 28.8. The minimum Gasteiger partial charge on any atom is -0.493 e. The molecule has 0 radical (unpaired) electrons. The van der Waals surface area contributed by atoms with Crippen molar-refractivity contribution in [1.82, 2.24) is 10.2 Å². The second-order valence-electron chi connectivity index (χ2n) is 12.8. The molecule has 1 saturated carbocycles. The maximum atomic E-state index is 13.7. The summed E-state index contributed by atoms with van der Waals surface area (Å²) in [6.07, 6.45) is 3.90. The number of methoxy groups -OCH3 is 1. The van der Waals surface area contributed by atoms with Gasteiger partial charge in [-0.2, -0.15) is 0 Å². The van der Waals surface area contributed by atoms with Gasteiger partial charge in [-0.05, 0) is 119 Å². The average Bonchev–Trinajstić information content (AvgIpc) is 3.57. The lowest BCUT2D eigenvalue weighted by molar-refractivity contribution is -0.141. The highest BCUT2D eigenvalue weighted by Crippen LogP contribution is 2.44. The van der Waals surface area contributed by atoms with Crippen LogP contribution in [0.1, 0.15) is 87.7 Å². The van der Waals surface area contributed by atoms with Gasteiger partial charge in [-0.15, -0.1) is 0 Å². The second-order valence-corrected chi connectivity index (χ2v) is 13.2. The van der Waals surface area contributed by atoms with Gasteiger partial charge in [-0.1, -0.05) is 49.7 Å². The van der Waals surface area contributed by atoms with Crippen LogP contribution in [0.2, 0.25) is 5.02 Å². The molecule has 3 aromatic carbocycles. The smallest absolute Gasteiger partial charge is 0.306 e. The summed E-state index contributed by atoms with van der Waals surface area (Å²) in [4.78, 5) is 28.2. The third-order valence-corrected chi connectivity index (χ3v) is 9.60. The predicted molar refractivity (Wildman–Crippen MR) is 189 cm³/mol. The molecular weight excluding hydrogens is 614 g/mol. The molecule has 2 aliphatic rings. The van der Waals surface area contributed by atoms with Crippen molar-refractivity contribution in [3.63, 3.8) is 0 Å². The Morgan fingerprint density at radius 2 is 1.72 bits per heavy atom. The maximum Gasteiger partial charge on any atom is 0.306 e. The molecule has 3 aromatic rings. The fourth-order valence-corrected chi connectivity index (χ4v) is 6.50. The van der Waals surface area contributed by atoms with Gasteiger partial charge in [0.25, 0.3) is 0 Å². The number of ether oxygens (including phenoxy) is 2. The lowest BCUT2D eigenvalue weighted by atomic mass is 9.86. The van der Waals surface area contributed by atoms with Crippen LogP contribution in [0.5, 0.6) is 11.5 Å². The molecule has 1 amide bonds. The Morgan fingerprint density at radius 1 is 1.04 bits per heavy atom. The molecule has 0 spiro atoms. The lowest BCUT2D eigenvalue weighted by Crippen LogP contribution is -2.41. The molecule has 9 heteroatoms. The number of carboxylic acids is 1. The number of carbonyl (C=O) groups is 2. The van der Waals surface area contributed by atoms with Gasteiger partial charge in [0, 0.05) is 22.8 Å². The van der Waals surface area contributed by atoms with E-state index >= 15 is 0 Å².